The van der Waals surface area contributed by atoms with Gasteiger partial charge in [0, 0.05) is 7.05 Å². The molecule has 18 heavy (non-hydrogen) atoms. The number of benzene rings is 1. The van der Waals surface area contributed by atoms with Gasteiger partial charge in [0.25, 0.3) is 0 Å². The lowest BCUT2D eigenvalue weighted by Gasteiger charge is -2.00. The predicted octanol–water partition coefficient (Wildman–Crippen LogP) is 2.46. The Morgan fingerprint density at radius 3 is 2.50 bits per heavy atom. The molecule has 0 aliphatic rings. The number of nitrogens with two attached hydrogens (primary N) is 1. The number of hydrogen-bond acceptors (Lipinski definition) is 2. The first-order chi connectivity index (χ1) is 8.61. The lowest BCUT2D eigenvalue weighted by Crippen LogP contribution is -2.04. The minimum absolute atomic E-state index is 0.222. The summed E-state index contributed by atoms with van der Waals surface area (Å²) in [5.41, 5.74) is 7.47. The van der Waals surface area contributed by atoms with Crippen LogP contribution in [0.1, 0.15) is 17.1 Å². The van der Waals surface area contributed by atoms with Crippen molar-refractivity contribution in [1.82, 2.24) is 9.55 Å². The van der Waals surface area contributed by atoms with Gasteiger partial charge in [-0.25, -0.2) is 9.37 Å². The highest BCUT2D eigenvalue weighted by Crippen LogP contribution is 2.18. The number of nitrogens with zero attached hydrogens (tertiary/aromatic N) is 2. The first-order valence-corrected chi connectivity index (χ1v) is 6.14. The number of halogens is 2. The van der Waals surface area contributed by atoms with Crippen molar-refractivity contribution in [3.8, 4) is 0 Å². The zero-order valence-corrected chi connectivity index (χ0v) is 10.9. The van der Waals surface area contributed by atoms with Gasteiger partial charge >= 0.3 is 0 Å². The molecule has 0 saturated heterocycles. The fourth-order valence-corrected chi connectivity index (χ4v) is 2.07. The Kier molecular flexibility index (Phi) is 3.99. The smallest absolute Gasteiger partial charge is 0.131 e. The van der Waals surface area contributed by atoms with Gasteiger partial charge in [-0.2, -0.15) is 0 Å². The monoisotopic (exact) mass is 267 g/mol. The van der Waals surface area contributed by atoms with Crippen LogP contribution < -0.4 is 5.73 Å². The first-order valence-electron chi connectivity index (χ1n) is 5.76. The van der Waals surface area contributed by atoms with E-state index in [4.69, 9.17) is 17.3 Å². The Balaban J connectivity index is 2.08. The summed E-state index contributed by atoms with van der Waals surface area (Å²) in [7, 11) is 1.85. The second-order valence-electron chi connectivity index (χ2n) is 4.16. The van der Waals surface area contributed by atoms with Gasteiger partial charge in [0.15, 0.2) is 0 Å². The van der Waals surface area contributed by atoms with Crippen molar-refractivity contribution in [3.05, 3.63) is 52.3 Å². The zero-order chi connectivity index (χ0) is 13.1. The summed E-state index contributed by atoms with van der Waals surface area (Å²) in [6.45, 7) is 0.368. The molecule has 0 saturated carbocycles. The molecular weight excluding hydrogens is 253 g/mol. The van der Waals surface area contributed by atoms with Gasteiger partial charge in [0.1, 0.15) is 16.8 Å². The number of aromatic nitrogens is 2. The number of imidazole rings is 1. The quantitative estimate of drug-likeness (QED) is 0.925. The Labute approximate surface area is 110 Å². The van der Waals surface area contributed by atoms with E-state index in [-0.39, 0.29) is 5.82 Å². The molecule has 0 unspecified atom stereocenters. The van der Waals surface area contributed by atoms with Gasteiger partial charge in [-0.3, -0.25) is 0 Å². The molecule has 1 aromatic carbocycles. The third-order valence-electron chi connectivity index (χ3n) is 2.93. The van der Waals surface area contributed by atoms with Crippen molar-refractivity contribution >= 4 is 11.6 Å². The van der Waals surface area contributed by atoms with E-state index in [1.54, 1.807) is 16.7 Å². The number of rotatable bonds is 4. The van der Waals surface area contributed by atoms with Crippen LogP contribution >= 0.6 is 11.6 Å². The number of aryl methyl sites for hydroxylation is 2. The molecule has 5 heteroatoms. The summed E-state index contributed by atoms with van der Waals surface area (Å²) >= 11 is 6.17. The molecule has 0 amide bonds. The van der Waals surface area contributed by atoms with E-state index >= 15 is 0 Å². The lowest BCUT2D eigenvalue weighted by molar-refractivity contribution is 0.627. The maximum Gasteiger partial charge on any atom is 0.131 e. The Bertz CT molecular complexity index is 534. The molecule has 2 rings (SSSR count). The predicted molar refractivity (Wildman–Crippen MR) is 69.9 cm³/mol. The van der Waals surface area contributed by atoms with Crippen molar-refractivity contribution < 1.29 is 4.39 Å². The molecule has 0 fully saturated rings. The van der Waals surface area contributed by atoms with Crippen LogP contribution in [-0.2, 0) is 26.4 Å². The van der Waals surface area contributed by atoms with Gasteiger partial charge in [0.2, 0.25) is 0 Å². The van der Waals surface area contributed by atoms with Gasteiger partial charge in [0.05, 0.1) is 12.2 Å². The van der Waals surface area contributed by atoms with Crippen molar-refractivity contribution in [3.63, 3.8) is 0 Å². The maximum absolute atomic E-state index is 12.8. The van der Waals surface area contributed by atoms with Crippen LogP contribution in [0.15, 0.2) is 24.3 Å². The summed E-state index contributed by atoms with van der Waals surface area (Å²) in [6, 6.07) is 6.47. The van der Waals surface area contributed by atoms with Gasteiger partial charge < -0.3 is 10.3 Å². The average molecular weight is 268 g/mol. The summed E-state index contributed by atoms with van der Waals surface area (Å²) in [4.78, 5) is 4.39. The van der Waals surface area contributed by atoms with Crippen molar-refractivity contribution in [2.45, 2.75) is 19.4 Å². The normalized spacial score (nSPS) is 10.9. The van der Waals surface area contributed by atoms with Gasteiger partial charge in [-0.05, 0) is 30.5 Å². The summed E-state index contributed by atoms with van der Waals surface area (Å²) in [6.07, 6.45) is 1.50. The molecule has 0 aliphatic carbocycles. The molecular formula is C13H15ClFN3. The molecule has 1 heterocycles. The average Bonchev–Trinajstić information content (AvgIpc) is 2.65. The van der Waals surface area contributed by atoms with E-state index in [1.165, 1.54) is 12.1 Å². The molecule has 0 bridgehead atoms. The van der Waals surface area contributed by atoms with Crippen LogP contribution in [0.3, 0.4) is 0 Å². The minimum atomic E-state index is -0.222. The molecule has 0 spiro atoms. The van der Waals surface area contributed by atoms with Crippen LogP contribution in [0.25, 0.3) is 0 Å². The third-order valence-corrected chi connectivity index (χ3v) is 3.40. The van der Waals surface area contributed by atoms with E-state index in [9.17, 15) is 4.39 Å². The topological polar surface area (TPSA) is 43.8 Å². The summed E-state index contributed by atoms with van der Waals surface area (Å²) in [5, 5.41) is 0.623. The number of hydrogen-bond donors (Lipinski definition) is 1. The SMILES string of the molecule is Cn1c(CN)nc(CCc2ccc(F)cc2)c1Cl. The highest BCUT2D eigenvalue weighted by molar-refractivity contribution is 6.30. The van der Waals surface area contributed by atoms with E-state index in [0.717, 1.165) is 29.9 Å². The zero-order valence-electron chi connectivity index (χ0n) is 10.2. The van der Waals surface area contributed by atoms with Crippen molar-refractivity contribution in [2.24, 2.45) is 12.8 Å². The van der Waals surface area contributed by atoms with E-state index in [2.05, 4.69) is 4.98 Å². The van der Waals surface area contributed by atoms with Crippen molar-refractivity contribution in [2.75, 3.05) is 0 Å². The maximum atomic E-state index is 12.8. The molecule has 0 radical (unpaired) electrons. The molecule has 3 nitrogen and oxygen atoms in total. The second kappa shape index (κ2) is 5.50. The lowest BCUT2D eigenvalue weighted by atomic mass is 10.1. The highest BCUT2D eigenvalue weighted by Gasteiger charge is 2.11. The largest absolute Gasteiger partial charge is 0.324 e. The van der Waals surface area contributed by atoms with Crippen LogP contribution in [0.2, 0.25) is 5.15 Å². The first kappa shape index (κ1) is 13.1. The highest BCUT2D eigenvalue weighted by atomic mass is 35.5. The molecule has 96 valence electrons. The minimum Gasteiger partial charge on any atom is -0.324 e. The van der Waals surface area contributed by atoms with Crippen LogP contribution in [0, 0.1) is 5.82 Å². The summed E-state index contributed by atoms with van der Waals surface area (Å²) < 4.78 is 14.6. The van der Waals surface area contributed by atoms with Crippen LogP contribution in [0.5, 0.6) is 0 Å². The third kappa shape index (κ3) is 2.71. The molecule has 1 aromatic heterocycles. The fourth-order valence-electron chi connectivity index (χ4n) is 1.84. The van der Waals surface area contributed by atoms with Gasteiger partial charge in [-0.1, -0.05) is 23.7 Å². The van der Waals surface area contributed by atoms with E-state index < -0.39 is 0 Å². The standard InChI is InChI=1S/C13H15ClFN3/c1-18-12(8-16)17-11(13(18)14)7-4-9-2-5-10(15)6-3-9/h2-3,5-6H,4,7-8,16H2,1H3. The molecule has 2 N–H and O–H groups in total. The summed E-state index contributed by atoms with van der Waals surface area (Å²) in [5.74, 6) is 0.550. The van der Waals surface area contributed by atoms with E-state index in [1.807, 2.05) is 7.05 Å². The molecule has 2 aromatic rings. The van der Waals surface area contributed by atoms with Gasteiger partial charge in [-0.15, -0.1) is 0 Å². The second-order valence-corrected chi connectivity index (χ2v) is 4.51. The van der Waals surface area contributed by atoms with Crippen LogP contribution in [-0.4, -0.2) is 9.55 Å². The molecule has 0 aliphatic heterocycles. The molecule has 0 atom stereocenters. The van der Waals surface area contributed by atoms with Crippen LogP contribution in [0.4, 0.5) is 4.39 Å². The Morgan fingerprint density at radius 1 is 1.28 bits per heavy atom. The Morgan fingerprint density at radius 2 is 1.94 bits per heavy atom. The van der Waals surface area contributed by atoms with Crippen molar-refractivity contribution in [1.29, 1.82) is 0 Å². The van der Waals surface area contributed by atoms with E-state index in [0.29, 0.717) is 11.7 Å². The fraction of sp³-hybridized carbons (Fsp3) is 0.308. The Hall–Kier alpha value is -1.39.